The van der Waals surface area contributed by atoms with Crippen LogP contribution < -0.4 is 0 Å². The van der Waals surface area contributed by atoms with Crippen molar-refractivity contribution in [2.45, 2.75) is 30.6 Å². The van der Waals surface area contributed by atoms with Gasteiger partial charge in [-0.15, -0.1) is 0 Å². The van der Waals surface area contributed by atoms with Crippen LogP contribution in [0.15, 0.2) is 65.8 Å². The topological polar surface area (TPSA) is 103 Å². The molecule has 2 saturated heterocycles. The highest BCUT2D eigenvalue weighted by atomic mass is 16.7. The lowest BCUT2D eigenvalue weighted by atomic mass is 9.97. The summed E-state index contributed by atoms with van der Waals surface area (Å²) < 4.78 is 23.3. The van der Waals surface area contributed by atoms with Gasteiger partial charge in [0.25, 0.3) is 0 Å². The van der Waals surface area contributed by atoms with E-state index in [-0.39, 0.29) is 13.2 Å². The summed E-state index contributed by atoms with van der Waals surface area (Å²) >= 11 is 0. The predicted molar refractivity (Wildman–Crippen MR) is 98.3 cm³/mol. The van der Waals surface area contributed by atoms with Gasteiger partial charge in [0, 0.05) is 10.5 Å². The highest BCUT2D eigenvalue weighted by molar-refractivity contribution is 5.89. The van der Waals surface area contributed by atoms with Crippen LogP contribution in [0.4, 0.5) is 0 Å². The molecule has 144 valence electrons. The van der Waals surface area contributed by atoms with Crippen LogP contribution in [0.1, 0.15) is 22.2 Å². The molecule has 5 atom stereocenters. The van der Waals surface area contributed by atoms with Gasteiger partial charge in [-0.3, -0.25) is 0 Å². The summed E-state index contributed by atoms with van der Waals surface area (Å²) in [6.45, 7) is 0.410. The number of nitrogens with zero attached hydrogens (tertiary/aromatic N) is 3. The molecule has 0 spiro atoms. The van der Waals surface area contributed by atoms with E-state index in [0.29, 0.717) is 5.56 Å². The lowest BCUT2D eigenvalue weighted by molar-refractivity contribution is -0.301. The molecule has 0 saturated carbocycles. The van der Waals surface area contributed by atoms with E-state index >= 15 is 0 Å². The van der Waals surface area contributed by atoms with Crippen LogP contribution in [0.3, 0.4) is 0 Å². The second-order valence-electron chi connectivity index (χ2n) is 6.56. The first-order valence-corrected chi connectivity index (χ1v) is 9.00. The van der Waals surface area contributed by atoms with E-state index in [1.807, 2.05) is 36.4 Å². The zero-order chi connectivity index (χ0) is 19.3. The molecule has 2 fully saturated rings. The molecule has 2 aromatic carbocycles. The SMILES string of the molecule is [N-]=[N+]=NC1COC2COC(c3ccccc3)O[C@H]2[C@H]1OC(=O)c1ccccc1. The monoisotopic (exact) mass is 381 g/mol. The molecule has 0 aromatic heterocycles. The zero-order valence-electron chi connectivity index (χ0n) is 15.0. The number of ether oxygens (including phenoxy) is 4. The van der Waals surface area contributed by atoms with E-state index in [0.717, 1.165) is 5.56 Å². The largest absolute Gasteiger partial charge is 0.455 e. The Morgan fingerprint density at radius 1 is 1.04 bits per heavy atom. The van der Waals surface area contributed by atoms with Crippen molar-refractivity contribution in [1.29, 1.82) is 0 Å². The lowest BCUT2D eigenvalue weighted by Crippen LogP contribution is -2.59. The van der Waals surface area contributed by atoms with Crippen LogP contribution in [0.5, 0.6) is 0 Å². The number of hydrogen-bond acceptors (Lipinski definition) is 6. The first-order chi connectivity index (χ1) is 13.8. The molecule has 0 aliphatic carbocycles. The number of azide groups is 1. The molecule has 0 radical (unpaired) electrons. The summed E-state index contributed by atoms with van der Waals surface area (Å²) in [7, 11) is 0. The number of rotatable bonds is 4. The summed E-state index contributed by atoms with van der Waals surface area (Å²) in [5, 5.41) is 3.76. The van der Waals surface area contributed by atoms with Crippen molar-refractivity contribution < 1.29 is 23.7 Å². The number of hydrogen-bond donors (Lipinski definition) is 0. The van der Waals surface area contributed by atoms with Crippen molar-refractivity contribution >= 4 is 5.97 Å². The third-order valence-electron chi connectivity index (χ3n) is 4.77. The van der Waals surface area contributed by atoms with Crippen molar-refractivity contribution in [2.24, 2.45) is 5.11 Å². The Kier molecular flexibility index (Phi) is 5.55. The van der Waals surface area contributed by atoms with Gasteiger partial charge in [0.15, 0.2) is 6.29 Å². The summed E-state index contributed by atoms with van der Waals surface area (Å²) in [6, 6.07) is 17.4. The normalized spacial score (nSPS) is 29.2. The van der Waals surface area contributed by atoms with Crippen molar-refractivity contribution in [2.75, 3.05) is 13.2 Å². The summed E-state index contributed by atoms with van der Waals surface area (Å²) in [5.41, 5.74) is 10.2. The van der Waals surface area contributed by atoms with Crippen molar-refractivity contribution in [3.63, 3.8) is 0 Å². The first kappa shape index (κ1) is 18.5. The number of carbonyl (C=O) groups is 1. The second-order valence-corrected chi connectivity index (χ2v) is 6.56. The Hall–Kier alpha value is -2.90. The van der Waals surface area contributed by atoms with E-state index in [2.05, 4.69) is 10.0 Å². The van der Waals surface area contributed by atoms with Crippen LogP contribution in [0.25, 0.3) is 10.4 Å². The summed E-state index contributed by atoms with van der Waals surface area (Å²) in [4.78, 5) is 15.5. The third kappa shape index (κ3) is 3.85. The molecule has 8 nitrogen and oxygen atoms in total. The Morgan fingerprint density at radius 2 is 1.75 bits per heavy atom. The third-order valence-corrected chi connectivity index (χ3v) is 4.77. The molecule has 0 N–H and O–H groups in total. The molecular formula is C20H19N3O5. The molecule has 2 aliphatic rings. The molecular weight excluding hydrogens is 362 g/mol. The van der Waals surface area contributed by atoms with Gasteiger partial charge in [-0.25, -0.2) is 4.79 Å². The number of carbonyl (C=O) groups excluding carboxylic acids is 1. The molecule has 0 bridgehead atoms. The summed E-state index contributed by atoms with van der Waals surface area (Å²) in [6.07, 6.45) is -2.43. The first-order valence-electron chi connectivity index (χ1n) is 9.00. The standard InChI is InChI=1S/C20H19N3O5/c21-23-22-15-11-25-16-12-26-20(14-9-5-2-6-10-14)28-18(16)17(15)27-19(24)13-7-3-1-4-8-13/h1-10,15-18,20H,11-12H2/t15?,16?,17-,18+,20?/m0/s1. The van der Waals surface area contributed by atoms with Crippen LogP contribution in [0, 0.1) is 0 Å². The quantitative estimate of drug-likeness (QED) is 0.349. The molecule has 8 heteroatoms. The molecule has 2 aliphatic heterocycles. The lowest BCUT2D eigenvalue weighted by Gasteiger charge is -2.44. The van der Waals surface area contributed by atoms with E-state index in [1.54, 1.807) is 24.3 Å². The van der Waals surface area contributed by atoms with E-state index in [1.165, 1.54) is 0 Å². The fourth-order valence-corrected chi connectivity index (χ4v) is 3.38. The molecule has 3 unspecified atom stereocenters. The van der Waals surface area contributed by atoms with Crippen molar-refractivity contribution in [1.82, 2.24) is 0 Å². The number of esters is 1. The van der Waals surface area contributed by atoms with Crippen molar-refractivity contribution in [3.05, 3.63) is 82.2 Å². The van der Waals surface area contributed by atoms with Crippen LogP contribution in [-0.4, -0.2) is 43.5 Å². The minimum atomic E-state index is -0.780. The highest BCUT2D eigenvalue weighted by Crippen LogP contribution is 2.34. The van der Waals surface area contributed by atoms with E-state index in [9.17, 15) is 4.79 Å². The maximum atomic E-state index is 12.6. The Labute approximate surface area is 161 Å². The minimum absolute atomic E-state index is 0.126. The fourth-order valence-electron chi connectivity index (χ4n) is 3.38. The van der Waals surface area contributed by atoms with Gasteiger partial charge in [0.1, 0.15) is 24.4 Å². The van der Waals surface area contributed by atoms with Gasteiger partial charge in [0.2, 0.25) is 0 Å². The molecule has 28 heavy (non-hydrogen) atoms. The Bertz CT molecular complexity index is 857. The summed E-state index contributed by atoms with van der Waals surface area (Å²) in [5.74, 6) is -0.504. The predicted octanol–water partition coefficient (Wildman–Crippen LogP) is 3.40. The smallest absolute Gasteiger partial charge is 0.338 e. The van der Waals surface area contributed by atoms with Crippen molar-refractivity contribution in [3.8, 4) is 0 Å². The average Bonchev–Trinajstić information content (AvgIpc) is 2.76. The van der Waals surface area contributed by atoms with Crippen LogP contribution in [-0.2, 0) is 18.9 Å². The van der Waals surface area contributed by atoms with Gasteiger partial charge >= 0.3 is 5.97 Å². The average molecular weight is 381 g/mol. The van der Waals surface area contributed by atoms with Gasteiger partial charge in [-0.2, -0.15) is 0 Å². The van der Waals surface area contributed by atoms with Crippen LogP contribution in [0.2, 0.25) is 0 Å². The van der Waals surface area contributed by atoms with Gasteiger partial charge in [-0.1, -0.05) is 53.6 Å². The Balaban J connectivity index is 1.57. The van der Waals surface area contributed by atoms with Crippen LogP contribution >= 0.6 is 0 Å². The molecule has 0 amide bonds. The molecule has 2 heterocycles. The van der Waals surface area contributed by atoms with E-state index in [4.69, 9.17) is 24.5 Å². The maximum Gasteiger partial charge on any atom is 0.338 e. The highest BCUT2D eigenvalue weighted by Gasteiger charge is 2.47. The zero-order valence-corrected chi connectivity index (χ0v) is 15.0. The Morgan fingerprint density at radius 3 is 2.46 bits per heavy atom. The van der Waals surface area contributed by atoms with Gasteiger partial charge in [0.05, 0.1) is 18.8 Å². The van der Waals surface area contributed by atoms with Gasteiger partial charge in [-0.05, 0) is 17.7 Å². The maximum absolute atomic E-state index is 12.6. The number of benzene rings is 2. The van der Waals surface area contributed by atoms with E-state index < -0.39 is 36.6 Å². The molecule has 2 aromatic rings. The minimum Gasteiger partial charge on any atom is -0.455 e. The molecule has 4 rings (SSSR count). The van der Waals surface area contributed by atoms with Gasteiger partial charge < -0.3 is 18.9 Å². The number of fused-ring (bicyclic) bond motifs is 1. The fraction of sp³-hybridized carbons (Fsp3) is 0.350. The second kappa shape index (κ2) is 8.41.